The minimum absolute atomic E-state index is 0.455. The first-order chi connectivity index (χ1) is 4.34. The fourth-order valence-electron chi connectivity index (χ4n) is 0.667. The van der Waals surface area contributed by atoms with Gasteiger partial charge in [0.2, 0.25) is 0 Å². The van der Waals surface area contributed by atoms with E-state index in [-0.39, 0.29) is 0 Å². The third-order valence-corrected chi connectivity index (χ3v) is 1.21. The number of carbonyl (C=O) groups is 1. The predicted molar refractivity (Wildman–Crippen MR) is 33.0 cm³/mol. The Bertz CT molecular complexity index is 205. The number of aromatic nitrogens is 2. The van der Waals surface area contributed by atoms with Crippen LogP contribution in [0.1, 0.15) is 5.69 Å². The molecule has 0 spiro atoms. The Kier molecular flexibility index (Phi) is 1.63. The van der Waals surface area contributed by atoms with E-state index in [9.17, 15) is 4.79 Å². The second-order valence-corrected chi connectivity index (χ2v) is 1.87. The van der Waals surface area contributed by atoms with Crippen LogP contribution >= 0.6 is 0 Å². The molecule has 0 aromatic carbocycles. The van der Waals surface area contributed by atoms with Gasteiger partial charge in [0, 0.05) is 25.4 Å². The van der Waals surface area contributed by atoms with Crippen molar-refractivity contribution in [2.45, 2.75) is 6.42 Å². The van der Waals surface area contributed by atoms with E-state index in [4.69, 9.17) is 0 Å². The zero-order chi connectivity index (χ0) is 6.69. The fourth-order valence-corrected chi connectivity index (χ4v) is 0.667. The van der Waals surface area contributed by atoms with E-state index in [2.05, 4.69) is 4.98 Å². The quantitative estimate of drug-likeness (QED) is 0.526. The largest absolute Gasteiger partial charge is 0.337 e. The maximum atomic E-state index is 9.98. The first-order valence-electron chi connectivity index (χ1n) is 2.73. The number of rotatable bonds is 2. The summed E-state index contributed by atoms with van der Waals surface area (Å²) in [6.07, 6.45) is 4.70. The standard InChI is InChI=1S/C6H8N2O/c1-8-5-7-4-6(8)2-3-9/h3-5H,2H2,1H3. The molecule has 1 rings (SSSR count). The number of hydrogen-bond acceptors (Lipinski definition) is 2. The third kappa shape index (κ3) is 1.16. The Balaban J connectivity index is 2.80. The average molecular weight is 124 g/mol. The van der Waals surface area contributed by atoms with E-state index >= 15 is 0 Å². The van der Waals surface area contributed by atoms with Gasteiger partial charge in [0.15, 0.2) is 0 Å². The molecule has 0 radical (unpaired) electrons. The van der Waals surface area contributed by atoms with Gasteiger partial charge in [-0.25, -0.2) is 4.98 Å². The van der Waals surface area contributed by atoms with Crippen LogP contribution in [-0.2, 0) is 18.3 Å². The Morgan fingerprint density at radius 2 is 2.67 bits per heavy atom. The van der Waals surface area contributed by atoms with Crippen LogP contribution in [0, 0.1) is 0 Å². The van der Waals surface area contributed by atoms with E-state index in [1.807, 2.05) is 11.6 Å². The summed E-state index contributed by atoms with van der Waals surface area (Å²) in [6.45, 7) is 0. The van der Waals surface area contributed by atoms with E-state index in [1.165, 1.54) is 0 Å². The highest BCUT2D eigenvalue weighted by Crippen LogP contribution is 1.93. The van der Waals surface area contributed by atoms with Gasteiger partial charge in [-0.1, -0.05) is 0 Å². The third-order valence-electron chi connectivity index (χ3n) is 1.21. The second kappa shape index (κ2) is 2.44. The van der Waals surface area contributed by atoms with Crippen molar-refractivity contribution in [1.82, 2.24) is 9.55 Å². The zero-order valence-corrected chi connectivity index (χ0v) is 5.24. The average Bonchev–Trinajstić information content (AvgIpc) is 2.18. The van der Waals surface area contributed by atoms with Gasteiger partial charge in [0.05, 0.1) is 6.33 Å². The summed E-state index contributed by atoms with van der Waals surface area (Å²) in [5.41, 5.74) is 0.949. The highest BCUT2D eigenvalue weighted by Gasteiger charge is 1.93. The Labute approximate surface area is 53.3 Å². The predicted octanol–water partition coefficient (Wildman–Crippen LogP) is 0.161. The van der Waals surface area contributed by atoms with E-state index in [0.717, 1.165) is 12.0 Å². The Morgan fingerprint density at radius 3 is 3.11 bits per heavy atom. The molecule has 0 aliphatic rings. The number of aryl methyl sites for hydroxylation is 1. The van der Waals surface area contributed by atoms with E-state index < -0.39 is 0 Å². The summed E-state index contributed by atoms with van der Waals surface area (Å²) >= 11 is 0. The lowest BCUT2D eigenvalue weighted by atomic mass is 10.4. The molecule has 0 amide bonds. The molecule has 0 atom stereocenters. The summed E-state index contributed by atoms with van der Waals surface area (Å²) in [6, 6.07) is 0. The number of carbonyl (C=O) groups excluding carboxylic acids is 1. The van der Waals surface area contributed by atoms with Crippen LogP contribution in [0.25, 0.3) is 0 Å². The highest BCUT2D eigenvalue weighted by molar-refractivity contribution is 5.53. The molecular weight excluding hydrogens is 116 g/mol. The summed E-state index contributed by atoms with van der Waals surface area (Å²) in [5, 5.41) is 0. The summed E-state index contributed by atoms with van der Waals surface area (Å²) < 4.78 is 1.83. The van der Waals surface area contributed by atoms with Crippen molar-refractivity contribution in [3.63, 3.8) is 0 Å². The van der Waals surface area contributed by atoms with Crippen molar-refractivity contribution in [2.24, 2.45) is 7.05 Å². The topological polar surface area (TPSA) is 34.9 Å². The molecule has 0 saturated carbocycles. The molecule has 3 heteroatoms. The van der Waals surface area contributed by atoms with Crippen LogP contribution in [0.4, 0.5) is 0 Å². The molecule has 0 aliphatic carbocycles. The van der Waals surface area contributed by atoms with Crippen LogP contribution in [0.3, 0.4) is 0 Å². The van der Waals surface area contributed by atoms with Crippen LogP contribution < -0.4 is 0 Å². The summed E-state index contributed by atoms with van der Waals surface area (Å²) in [5.74, 6) is 0. The lowest BCUT2D eigenvalue weighted by Gasteiger charge is -1.92. The SMILES string of the molecule is Cn1cncc1CC=O. The van der Waals surface area contributed by atoms with Crippen molar-refractivity contribution in [3.8, 4) is 0 Å². The Morgan fingerprint density at radius 1 is 1.89 bits per heavy atom. The van der Waals surface area contributed by atoms with Gasteiger partial charge in [-0.2, -0.15) is 0 Å². The zero-order valence-electron chi connectivity index (χ0n) is 5.24. The monoisotopic (exact) mass is 124 g/mol. The molecule has 48 valence electrons. The maximum absolute atomic E-state index is 9.98. The minimum atomic E-state index is 0.455. The lowest BCUT2D eigenvalue weighted by Crippen LogP contribution is -1.94. The number of hydrogen-bond donors (Lipinski definition) is 0. The van der Waals surface area contributed by atoms with E-state index in [1.54, 1.807) is 12.5 Å². The number of nitrogens with zero attached hydrogens (tertiary/aromatic N) is 2. The van der Waals surface area contributed by atoms with Crippen LogP contribution in [0.15, 0.2) is 12.5 Å². The number of aldehydes is 1. The first-order valence-corrected chi connectivity index (χ1v) is 2.73. The Hall–Kier alpha value is -1.12. The molecule has 0 N–H and O–H groups in total. The molecule has 3 nitrogen and oxygen atoms in total. The van der Waals surface area contributed by atoms with Crippen molar-refractivity contribution in [2.75, 3.05) is 0 Å². The second-order valence-electron chi connectivity index (χ2n) is 1.87. The molecule has 0 bridgehead atoms. The molecule has 1 aromatic heterocycles. The van der Waals surface area contributed by atoms with Crippen LogP contribution in [-0.4, -0.2) is 15.8 Å². The van der Waals surface area contributed by atoms with Crippen molar-refractivity contribution < 1.29 is 4.79 Å². The van der Waals surface area contributed by atoms with Crippen molar-refractivity contribution in [1.29, 1.82) is 0 Å². The van der Waals surface area contributed by atoms with Gasteiger partial charge in [0.25, 0.3) is 0 Å². The minimum Gasteiger partial charge on any atom is -0.337 e. The van der Waals surface area contributed by atoms with Gasteiger partial charge in [-0.3, -0.25) is 0 Å². The van der Waals surface area contributed by atoms with Crippen molar-refractivity contribution in [3.05, 3.63) is 18.2 Å². The lowest BCUT2D eigenvalue weighted by molar-refractivity contribution is -0.107. The highest BCUT2D eigenvalue weighted by atomic mass is 16.1. The van der Waals surface area contributed by atoms with Gasteiger partial charge in [-0.05, 0) is 0 Å². The smallest absolute Gasteiger partial charge is 0.125 e. The molecule has 9 heavy (non-hydrogen) atoms. The molecule has 0 unspecified atom stereocenters. The fraction of sp³-hybridized carbons (Fsp3) is 0.333. The molecule has 0 aliphatic heterocycles. The van der Waals surface area contributed by atoms with E-state index in [0.29, 0.717) is 6.42 Å². The maximum Gasteiger partial charge on any atom is 0.125 e. The summed E-state index contributed by atoms with van der Waals surface area (Å²) in [7, 11) is 1.87. The van der Waals surface area contributed by atoms with Gasteiger partial charge in [0.1, 0.15) is 6.29 Å². The molecular formula is C6H8N2O. The first kappa shape index (κ1) is 6.01. The molecule has 1 aromatic rings. The van der Waals surface area contributed by atoms with Gasteiger partial charge >= 0.3 is 0 Å². The molecule has 1 heterocycles. The normalized spacial score (nSPS) is 9.44. The summed E-state index contributed by atoms with van der Waals surface area (Å²) in [4.78, 5) is 13.8. The van der Waals surface area contributed by atoms with Gasteiger partial charge in [-0.15, -0.1) is 0 Å². The van der Waals surface area contributed by atoms with Gasteiger partial charge < -0.3 is 9.36 Å². The molecule has 0 saturated heterocycles. The molecule has 0 fully saturated rings. The number of imidazole rings is 1. The van der Waals surface area contributed by atoms with Crippen molar-refractivity contribution >= 4 is 6.29 Å². The van der Waals surface area contributed by atoms with Crippen LogP contribution in [0.5, 0.6) is 0 Å². The van der Waals surface area contributed by atoms with Crippen LogP contribution in [0.2, 0.25) is 0 Å².